The summed E-state index contributed by atoms with van der Waals surface area (Å²) < 4.78 is 0. The Hall–Kier alpha value is -2.60. The maximum absolute atomic E-state index is 2.49. The Morgan fingerprint density at radius 1 is 0.533 bits per heavy atom. The van der Waals surface area contributed by atoms with Crippen LogP contribution in [0, 0.1) is 10.8 Å². The summed E-state index contributed by atoms with van der Waals surface area (Å²) in [5, 5.41) is 11.3. The lowest BCUT2D eigenvalue weighted by Gasteiger charge is -2.28. The molecule has 0 aromatic heterocycles. The van der Waals surface area contributed by atoms with E-state index in [0.717, 1.165) is 12.8 Å². The Kier molecular flexibility index (Phi) is 4.16. The number of hydrogen-bond donors (Lipinski definition) is 0. The summed E-state index contributed by atoms with van der Waals surface area (Å²) in [5.41, 5.74) is 3.56. The van der Waals surface area contributed by atoms with Gasteiger partial charge in [-0.25, -0.2) is 0 Å². The molecule has 5 aromatic rings. The van der Waals surface area contributed by atoms with Crippen molar-refractivity contribution in [3.05, 3.63) is 71.8 Å². The van der Waals surface area contributed by atoms with Crippen LogP contribution in [0.25, 0.3) is 43.1 Å². The Balaban J connectivity index is 2.06. The zero-order valence-electron chi connectivity index (χ0n) is 19.2. The maximum atomic E-state index is 2.49. The number of hydrogen-bond acceptors (Lipinski definition) is 0. The van der Waals surface area contributed by atoms with E-state index in [1.54, 1.807) is 5.56 Å². The SMILES string of the molecule is CC(C)(C)Cc1cc2cccc3c4cccc5cccc(c(c1CC(C)(C)C)c23)c54. The molecular weight excluding hydrogens is 360 g/mol. The van der Waals surface area contributed by atoms with Gasteiger partial charge in [-0.2, -0.15) is 0 Å². The molecule has 0 spiro atoms. The fourth-order valence-electron chi connectivity index (χ4n) is 5.31. The van der Waals surface area contributed by atoms with Crippen molar-refractivity contribution >= 4 is 43.1 Å². The molecule has 0 aliphatic carbocycles. The molecule has 0 nitrogen and oxygen atoms in total. The third kappa shape index (κ3) is 3.14. The molecule has 0 atom stereocenters. The molecule has 0 heterocycles. The van der Waals surface area contributed by atoms with Gasteiger partial charge in [0.05, 0.1) is 0 Å². The van der Waals surface area contributed by atoms with Crippen LogP contribution >= 0.6 is 0 Å². The van der Waals surface area contributed by atoms with Crippen LogP contribution in [0.15, 0.2) is 60.7 Å². The van der Waals surface area contributed by atoms with E-state index in [4.69, 9.17) is 0 Å². The van der Waals surface area contributed by atoms with Crippen LogP contribution in [0.1, 0.15) is 52.7 Å². The predicted molar refractivity (Wildman–Crippen MR) is 134 cm³/mol. The molecular formula is C30H32. The molecule has 0 aliphatic rings. The molecule has 0 saturated carbocycles. The molecule has 152 valence electrons. The zero-order valence-corrected chi connectivity index (χ0v) is 19.2. The van der Waals surface area contributed by atoms with Gasteiger partial charge in [0.25, 0.3) is 0 Å². The van der Waals surface area contributed by atoms with Crippen molar-refractivity contribution in [2.45, 2.75) is 54.4 Å². The van der Waals surface area contributed by atoms with Crippen LogP contribution in [0.2, 0.25) is 0 Å². The highest BCUT2D eigenvalue weighted by molar-refractivity contribution is 6.33. The number of rotatable bonds is 2. The van der Waals surface area contributed by atoms with Gasteiger partial charge in [-0.05, 0) is 77.9 Å². The molecule has 0 fully saturated rings. The summed E-state index contributed by atoms with van der Waals surface area (Å²) in [6.07, 6.45) is 2.19. The van der Waals surface area contributed by atoms with Crippen molar-refractivity contribution in [1.29, 1.82) is 0 Å². The summed E-state index contributed by atoms with van der Waals surface area (Å²) in [4.78, 5) is 0. The quantitative estimate of drug-likeness (QED) is 0.208. The van der Waals surface area contributed by atoms with Crippen LogP contribution in [-0.2, 0) is 12.8 Å². The maximum Gasteiger partial charge on any atom is -0.00234 e. The minimum absolute atomic E-state index is 0.233. The third-order valence-electron chi connectivity index (χ3n) is 6.26. The van der Waals surface area contributed by atoms with E-state index < -0.39 is 0 Å². The van der Waals surface area contributed by atoms with Crippen molar-refractivity contribution < 1.29 is 0 Å². The molecule has 0 radical (unpaired) electrons. The highest BCUT2D eigenvalue weighted by Gasteiger charge is 2.24. The molecule has 0 unspecified atom stereocenters. The largest absolute Gasteiger partial charge is 0.0610 e. The predicted octanol–water partition coefficient (Wildman–Crippen LogP) is 8.91. The van der Waals surface area contributed by atoms with Gasteiger partial charge in [-0.3, -0.25) is 0 Å². The van der Waals surface area contributed by atoms with Gasteiger partial charge in [0.2, 0.25) is 0 Å². The van der Waals surface area contributed by atoms with Gasteiger partial charge in [-0.1, -0.05) is 102 Å². The fraction of sp³-hybridized carbons (Fsp3) is 0.333. The van der Waals surface area contributed by atoms with E-state index >= 15 is 0 Å². The average Bonchev–Trinajstić information content (AvgIpc) is 2.65. The summed E-state index contributed by atoms with van der Waals surface area (Å²) in [5.74, 6) is 0. The molecule has 0 N–H and O–H groups in total. The summed E-state index contributed by atoms with van der Waals surface area (Å²) >= 11 is 0. The second kappa shape index (κ2) is 6.45. The van der Waals surface area contributed by atoms with E-state index in [0.29, 0.717) is 0 Å². The summed E-state index contributed by atoms with van der Waals surface area (Å²) in [6.45, 7) is 14.2. The molecule has 30 heavy (non-hydrogen) atoms. The summed E-state index contributed by atoms with van der Waals surface area (Å²) in [6, 6.07) is 23.0. The Labute approximate surface area is 180 Å². The second-order valence-corrected chi connectivity index (χ2v) is 11.5. The van der Waals surface area contributed by atoms with Gasteiger partial charge in [0, 0.05) is 0 Å². The monoisotopic (exact) mass is 392 g/mol. The molecule has 0 amide bonds. The first kappa shape index (κ1) is 19.4. The van der Waals surface area contributed by atoms with Crippen LogP contribution in [-0.4, -0.2) is 0 Å². The Bertz CT molecular complexity index is 1380. The Morgan fingerprint density at radius 3 is 1.67 bits per heavy atom. The normalized spacial score (nSPS) is 13.3. The van der Waals surface area contributed by atoms with Crippen LogP contribution in [0.5, 0.6) is 0 Å². The van der Waals surface area contributed by atoms with Crippen molar-refractivity contribution in [3.8, 4) is 0 Å². The fourth-order valence-corrected chi connectivity index (χ4v) is 5.31. The lowest BCUT2D eigenvalue weighted by Crippen LogP contribution is -2.16. The van der Waals surface area contributed by atoms with Gasteiger partial charge in [0.15, 0.2) is 0 Å². The van der Waals surface area contributed by atoms with E-state index in [1.165, 1.54) is 48.7 Å². The standard InChI is InChI=1S/C30H32/c1-29(2,3)17-21-16-20-12-9-14-23-22-13-7-10-19-11-8-15-24(26(19)22)28(27(20)23)25(21)18-30(4,5)6/h7-16H,17-18H2,1-6H3. The second-order valence-electron chi connectivity index (χ2n) is 11.5. The first-order valence-electron chi connectivity index (χ1n) is 11.2. The minimum Gasteiger partial charge on any atom is -0.0610 e. The van der Waals surface area contributed by atoms with Crippen molar-refractivity contribution in [3.63, 3.8) is 0 Å². The number of benzene rings is 5. The first-order chi connectivity index (χ1) is 14.1. The third-order valence-corrected chi connectivity index (χ3v) is 6.26. The molecule has 5 aromatic carbocycles. The van der Waals surface area contributed by atoms with E-state index in [-0.39, 0.29) is 10.8 Å². The lowest BCUT2D eigenvalue weighted by molar-refractivity contribution is 0.394. The minimum atomic E-state index is 0.233. The van der Waals surface area contributed by atoms with Crippen LogP contribution < -0.4 is 0 Å². The smallest absolute Gasteiger partial charge is 0.00234 e. The van der Waals surface area contributed by atoms with E-state index in [1.807, 2.05) is 0 Å². The highest BCUT2D eigenvalue weighted by Crippen LogP contribution is 2.44. The van der Waals surface area contributed by atoms with Crippen LogP contribution in [0.4, 0.5) is 0 Å². The van der Waals surface area contributed by atoms with E-state index in [9.17, 15) is 0 Å². The van der Waals surface area contributed by atoms with Gasteiger partial charge in [-0.15, -0.1) is 0 Å². The molecule has 5 rings (SSSR count). The van der Waals surface area contributed by atoms with Crippen molar-refractivity contribution in [2.75, 3.05) is 0 Å². The molecule has 0 aliphatic heterocycles. The van der Waals surface area contributed by atoms with Crippen molar-refractivity contribution in [2.24, 2.45) is 10.8 Å². The average molecular weight is 393 g/mol. The summed E-state index contributed by atoms with van der Waals surface area (Å²) in [7, 11) is 0. The zero-order chi connectivity index (χ0) is 21.3. The van der Waals surface area contributed by atoms with E-state index in [2.05, 4.69) is 102 Å². The number of fused-ring (bicyclic) bond motifs is 2. The molecule has 0 heteroatoms. The topological polar surface area (TPSA) is 0 Å². The Morgan fingerprint density at radius 2 is 1.07 bits per heavy atom. The molecule has 0 bridgehead atoms. The van der Waals surface area contributed by atoms with Gasteiger partial charge >= 0.3 is 0 Å². The highest BCUT2D eigenvalue weighted by atomic mass is 14.3. The first-order valence-corrected chi connectivity index (χ1v) is 11.2. The van der Waals surface area contributed by atoms with Gasteiger partial charge < -0.3 is 0 Å². The van der Waals surface area contributed by atoms with Crippen molar-refractivity contribution in [1.82, 2.24) is 0 Å². The van der Waals surface area contributed by atoms with Crippen LogP contribution in [0.3, 0.4) is 0 Å². The lowest BCUT2D eigenvalue weighted by atomic mass is 9.77. The van der Waals surface area contributed by atoms with Gasteiger partial charge in [0.1, 0.15) is 0 Å². The molecule has 0 saturated heterocycles.